The van der Waals surface area contributed by atoms with Crippen molar-refractivity contribution in [3.63, 3.8) is 0 Å². The highest BCUT2D eigenvalue weighted by Gasteiger charge is 2.32. The summed E-state index contributed by atoms with van der Waals surface area (Å²) in [5, 5.41) is 4.03. The van der Waals surface area contributed by atoms with Crippen LogP contribution in [0.25, 0.3) is 10.9 Å². The lowest BCUT2D eigenvalue weighted by molar-refractivity contribution is -0.116. The summed E-state index contributed by atoms with van der Waals surface area (Å²) in [5.74, 6) is -0.357. The minimum absolute atomic E-state index is 0.0144. The third kappa shape index (κ3) is 3.56. The third-order valence-corrected chi connectivity index (χ3v) is 4.99. The van der Waals surface area contributed by atoms with Crippen molar-refractivity contribution in [2.45, 2.75) is 12.5 Å². The Morgan fingerprint density at radius 1 is 1.15 bits per heavy atom. The summed E-state index contributed by atoms with van der Waals surface area (Å²) in [4.78, 5) is 19.5. The van der Waals surface area contributed by atoms with Crippen LogP contribution in [0.4, 0.5) is 5.69 Å². The lowest BCUT2D eigenvalue weighted by Crippen LogP contribution is -2.22. The Morgan fingerprint density at radius 2 is 2.00 bits per heavy atom. The average molecular weight is 361 g/mol. The normalized spacial score (nSPS) is 16.0. The maximum absolute atomic E-state index is 12.5. The first-order valence-corrected chi connectivity index (χ1v) is 9.12. The first-order chi connectivity index (χ1) is 13.2. The Hall–Kier alpha value is -2.76. The number of pyridine rings is 1. The molecule has 0 saturated carbocycles. The number of methoxy groups -OCH3 is 1. The van der Waals surface area contributed by atoms with Gasteiger partial charge in [0.2, 0.25) is 5.91 Å². The number of anilines is 1. The Morgan fingerprint density at radius 3 is 2.85 bits per heavy atom. The molecule has 1 amide bonds. The number of nitrogens with zero attached hydrogens (tertiary/aromatic N) is 2. The molecular formula is C22H23N3O2. The van der Waals surface area contributed by atoms with Crippen LogP contribution in [0.3, 0.4) is 0 Å². The second kappa shape index (κ2) is 7.47. The van der Waals surface area contributed by atoms with Crippen molar-refractivity contribution in [2.24, 2.45) is 0 Å². The van der Waals surface area contributed by atoms with Crippen molar-refractivity contribution in [2.75, 3.05) is 32.6 Å². The van der Waals surface area contributed by atoms with Crippen LogP contribution in [0.5, 0.6) is 0 Å². The van der Waals surface area contributed by atoms with E-state index in [4.69, 9.17) is 9.72 Å². The molecule has 0 aliphatic carbocycles. The van der Waals surface area contributed by atoms with Crippen LogP contribution in [0.1, 0.15) is 22.7 Å². The fourth-order valence-corrected chi connectivity index (χ4v) is 3.59. The number of hydrogen-bond donors (Lipinski definition) is 1. The molecule has 2 heterocycles. The molecule has 2 aromatic carbocycles. The van der Waals surface area contributed by atoms with E-state index in [-0.39, 0.29) is 11.8 Å². The number of para-hydroxylation sites is 1. The minimum atomic E-state index is -0.342. The minimum Gasteiger partial charge on any atom is -0.383 e. The lowest BCUT2D eigenvalue weighted by atomic mass is 9.96. The van der Waals surface area contributed by atoms with Crippen molar-refractivity contribution in [3.05, 3.63) is 71.4 Å². The lowest BCUT2D eigenvalue weighted by Gasteiger charge is -2.16. The third-order valence-electron chi connectivity index (χ3n) is 4.99. The van der Waals surface area contributed by atoms with E-state index in [1.54, 1.807) is 7.11 Å². The molecule has 1 atom stereocenters. The van der Waals surface area contributed by atoms with E-state index in [9.17, 15) is 4.79 Å². The van der Waals surface area contributed by atoms with Gasteiger partial charge in [-0.05, 0) is 42.4 Å². The molecule has 0 radical (unpaired) electrons. The molecule has 5 nitrogen and oxygen atoms in total. The van der Waals surface area contributed by atoms with E-state index >= 15 is 0 Å². The first kappa shape index (κ1) is 17.6. The van der Waals surface area contributed by atoms with Crippen molar-refractivity contribution >= 4 is 22.5 Å². The van der Waals surface area contributed by atoms with E-state index in [1.807, 2.05) is 36.4 Å². The summed E-state index contributed by atoms with van der Waals surface area (Å²) in [5.41, 5.74) is 4.80. The number of hydrogen-bond acceptors (Lipinski definition) is 4. The number of fused-ring (bicyclic) bond motifs is 2. The largest absolute Gasteiger partial charge is 0.383 e. The Labute approximate surface area is 159 Å². The molecule has 0 spiro atoms. The van der Waals surface area contributed by atoms with Gasteiger partial charge in [-0.25, -0.2) is 0 Å². The Kier molecular flexibility index (Phi) is 4.88. The van der Waals surface area contributed by atoms with Gasteiger partial charge in [0.05, 0.1) is 17.8 Å². The van der Waals surface area contributed by atoms with Crippen molar-refractivity contribution in [1.29, 1.82) is 0 Å². The summed E-state index contributed by atoms with van der Waals surface area (Å²) in [6.07, 6.45) is 0. The molecule has 5 heteroatoms. The summed E-state index contributed by atoms with van der Waals surface area (Å²) in [6, 6.07) is 18.1. The van der Waals surface area contributed by atoms with Gasteiger partial charge >= 0.3 is 0 Å². The van der Waals surface area contributed by atoms with E-state index in [0.29, 0.717) is 0 Å². The molecule has 1 aliphatic heterocycles. The summed E-state index contributed by atoms with van der Waals surface area (Å²) in [6.45, 7) is 2.47. The quantitative estimate of drug-likeness (QED) is 0.731. The van der Waals surface area contributed by atoms with Crippen molar-refractivity contribution in [3.8, 4) is 0 Å². The van der Waals surface area contributed by atoms with Gasteiger partial charge in [-0.1, -0.05) is 30.3 Å². The van der Waals surface area contributed by atoms with Crippen LogP contribution in [-0.4, -0.2) is 43.1 Å². The van der Waals surface area contributed by atoms with Crippen LogP contribution in [-0.2, 0) is 16.1 Å². The predicted molar refractivity (Wildman–Crippen MR) is 107 cm³/mol. The SMILES string of the molecule is COCCN(C)Cc1ccc2nc(C3C(=O)Nc4ccccc43)ccc2c1. The standard InChI is InChI=1S/C22H23N3O2/c1-25(11-12-27-2)14-15-7-9-18-16(13-15)8-10-20(23-18)21-17-5-3-4-6-19(17)24-22(21)26/h3-10,13,21H,11-12,14H2,1-2H3,(H,24,26). The second-order valence-corrected chi connectivity index (χ2v) is 7.00. The monoisotopic (exact) mass is 361 g/mol. The fraction of sp³-hybridized carbons (Fsp3) is 0.273. The van der Waals surface area contributed by atoms with Gasteiger partial charge in [0, 0.05) is 31.3 Å². The van der Waals surface area contributed by atoms with Crippen LogP contribution >= 0.6 is 0 Å². The topological polar surface area (TPSA) is 54.5 Å². The molecule has 1 aliphatic rings. The molecule has 4 rings (SSSR count). The molecule has 0 bridgehead atoms. The summed E-state index contributed by atoms with van der Waals surface area (Å²) in [7, 11) is 3.80. The highest BCUT2D eigenvalue weighted by Crippen LogP contribution is 2.36. The number of aromatic nitrogens is 1. The Balaban J connectivity index is 1.60. The van der Waals surface area contributed by atoms with Crippen LogP contribution in [0.2, 0.25) is 0 Å². The predicted octanol–water partition coefficient (Wildman–Crippen LogP) is 3.40. The maximum Gasteiger partial charge on any atom is 0.238 e. The van der Waals surface area contributed by atoms with E-state index in [0.717, 1.165) is 47.5 Å². The molecular weight excluding hydrogens is 338 g/mol. The van der Waals surface area contributed by atoms with Crippen LogP contribution in [0.15, 0.2) is 54.6 Å². The highest BCUT2D eigenvalue weighted by atomic mass is 16.5. The molecule has 3 aromatic rings. The zero-order chi connectivity index (χ0) is 18.8. The number of carbonyl (C=O) groups excluding carboxylic acids is 1. The van der Waals surface area contributed by atoms with Gasteiger partial charge in [0.1, 0.15) is 5.92 Å². The van der Waals surface area contributed by atoms with Gasteiger partial charge in [0.15, 0.2) is 0 Å². The molecule has 0 fully saturated rings. The number of rotatable bonds is 6. The Bertz CT molecular complexity index is 986. The maximum atomic E-state index is 12.5. The fourth-order valence-electron chi connectivity index (χ4n) is 3.59. The van der Waals surface area contributed by atoms with Crippen molar-refractivity contribution < 1.29 is 9.53 Å². The van der Waals surface area contributed by atoms with E-state index in [2.05, 4.69) is 35.5 Å². The zero-order valence-electron chi connectivity index (χ0n) is 15.6. The van der Waals surface area contributed by atoms with Gasteiger partial charge in [-0.2, -0.15) is 0 Å². The zero-order valence-corrected chi connectivity index (χ0v) is 15.6. The van der Waals surface area contributed by atoms with Gasteiger partial charge in [-0.15, -0.1) is 0 Å². The number of amides is 1. The molecule has 0 saturated heterocycles. The number of likely N-dealkylation sites (N-methyl/N-ethyl adjacent to an activating group) is 1. The number of ether oxygens (including phenoxy) is 1. The smallest absolute Gasteiger partial charge is 0.238 e. The second-order valence-electron chi connectivity index (χ2n) is 7.00. The van der Waals surface area contributed by atoms with Gasteiger partial charge in [-0.3, -0.25) is 14.7 Å². The molecule has 1 unspecified atom stereocenters. The summed E-state index contributed by atoms with van der Waals surface area (Å²) < 4.78 is 5.13. The number of nitrogens with one attached hydrogen (secondary N) is 1. The summed E-state index contributed by atoms with van der Waals surface area (Å²) >= 11 is 0. The number of carbonyl (C=O) groups is 1. The van der Waals surface area contributed by atoms with Gasteiger partial charge in [0.25, 0.3) is 0 Å². The molecule has 1 N–H and O–H groups in total. The first-order valence-electron chi connectivity index (χ1n) is 9.12. The molecule has 1 aromatic heterocycles. The molecule has 27 heavy (non-hydrogen) atoms. The van der Waals surface area contributed by atoms with E-state index < -0.39 is 0 Å². The van der Waals surface area contributed by atoms with E-state index in [1.165, 1.54) is 5.56 Å². The highest BCUT2D eigenvalue weighted by molar-refractivity contribution is 6.05. The molecule has 138 valence electrons. The van der Waals surface area contributed by atoms with Crippen molar-refractivity contribution in [1.82, 2.24) is 9.88 Å². The number of benzene rings is 2. The van der Waals surface area contributed by atoms with Gasteiger partial charge < -0.3 is 10.1 Å². The van der Waals surface area contributed by atoms with Crippen LogP contribution in [0, 0.1) is 0 Å². The average Bonchev–Trinajstić information content (AvgIpc) is 3.01. The van der Waals surface area contributed by atoms with Crippen LogP contribution < -0.4 is 5.32 Å².